The molecule has 112 valence electrons. The van der Waals surface area contributed by atoms with Gasteiger partial charge in [0.15, 0.2) is 5.78 Å². The number of hydrogen-bond donors (Lipinski definition) is 0. The molecule has 21 heavy (non-hydrogen) atoms. The average molecular weight is 288 g/mol. The van der Waals surface area contributed by atoms with Gasteiger partial charge in [0.2, 0.25) is 0 Å². The van der Waals surface area contributed by atoms with Gasteiger partial charge in [0.05, 0.1) is 6.61 Å². The molecule has 1 aromatic carbocycles. The lowest BCUT2D eigenvalue weighted by atomic mass is 10.1. The highest BCUT2D eigenvalue weighted by atomic mass is 16.5. The smallest absolute Gasteiger partial charge is 0.306 e. The number of Topliss-reactive ketones (excluding diaryl/α,β-unsaturated/α-hetero) is 1. The number of carbonyl (C=O) groups excluding carboxylic acids is 2. The first-order valence-electron chi connectivity index (χ1n) is 7.28. The van der Waals surface area contributed by atoms with Crippen molar-refractivity contribution < 1.29 is 19.1 Å². The Morgan fingerprint density at radius 3 is 2.67 bits per heavy atom. The fraction of sp³-hybridized carbons (Fsp3) is 0.412. The summed E-state index contributed by atoms with van der Waals surface area (Å²) in [5.41, 5.74) is 1.72. The maximum Gasteiger partial charge on any atom is 0.306 e. The number of allylic oxidation sites excluding steroid dienone is 2. The SMILES string of the molecule is CCOC(=O)CCC1=C(OCc2ccccc2)CCC1=O. The van der Waals surface area contributed by atoms with Gasteiger partial charge in [-0.05, 0) is 18.9 Å². The molecular formula is C17H20O4. The Morgan fingerprint density at radius 2 is 1.95 bits per heavy atom. The van der Waals surface area contributed by atoms with Gasteiger partial charge in [0.25, 0.3) is 0 Å². The molecule has 0 amide bonds. The molecule has 0 radical (unpaired) electrons. The molecule has 0 fully saturated rings. The minimum absolute atomic E-state index is 0.0855. The summed E-state index contributed by atoms with van der Waals surface area (Å²) in [6.45, 7) is 2.59. The van der Waals surface area contributed by atoms with Gasteiger partial charge in [0, 0.05) is 24.8 Å². The summed E-state index contributed by atoms with van der Waals surface area (Å²) in [6.07, 6.45) is 1.74. The van der Waals surface area contributed by atoms with E-state index in [9.17, 15) is 9.59 Å². The van der Waals surface area contributed by atoms with Gasteiger partial charge >= 0.3 is 5.97 Å². The summed E-state index contributed by atoms with van der Waals surface area (Å²) < 4.78 is 10.7. The van der Waals surface area contributed by atoms with Crippen molar-refractivity contribution in [3.8, 4) is 0 Å². The zero-order valence-electron chi connectivity index (χ0n) is 12.3. The molecule has 0 spiro atoms. The van der Waals surface area contributed by atoms with Gasteiger partial charge in [-0.3, -0.25) is 9.59 Å². The summed E-state index contributed by atoms with van der Waals surface area (Å²) in [7, 11) is 0. The van der Waals surface area contributed by atoms with Crippen LogP contribution in [-0.2, 0) is 25.7 Å². The van der Waals surface area contributed by atoms with Crippen molar-refractivity contribution in [1.82, 2.24) is 0 Å². The Balaban J connectivity index is 1.94. The van der Waals surface area contributed by atoms with Crippen LogP contribution < -0.4 is 0 Å². The largest absolute Gasteiger partial charge is 0.493 e. The van der Waals surface area contributed by atoms with Crippen molar-refractivity contribution >= 4 is 11.8 Å². The zero-order chi connectivity index (χ0) is 15.1. The maximum absolute atomic E-state index is 11.9. The van der Waals surface area contributed by atoms with Crippen LogP contribution in [0, 0.1) is 0 Å². The number of rotatable bonds is 7. The number of esters is 1. The second kappa shape index (κ2) is 7.62. The summed E-state index contributed by atoms with van der Waals surface area (Å²) in [4.78, 5) is 23.3. The van der Waals surface area contributed by atoms with Crippen LogP contribution in [-0.4, -0.2) is 18.4 Å². The molecule has 0 heterocycles. The lowest BCUT2D eigenvalue weighted by Gasteiger charge is -2.09. The molecule has 0 saturated carbocycles. The van der Waals surface area contributed by atoms with Crippen LogP contribution in [0.2, 0.25) is 0 Å². The fourth-order valence-corrected chi connectivity index (χ4v) is 2.33. The highest BCUT2D eigenvalue weighted by Gasteiger charge is 2.25. The van der Waals surface area contributed by atoms with Crippen molar-refractivity contribution in [2.45, 2.75) is 39.2 Å². The Bertz CT molecular complexity index is 531. The predicted molar refractivity (Wildman–Crippen MR) is 78.4 cm³/mol. The van der Waals surface area contributed by atoms with Gasteiger partial charge in [-0.15, -0.1) is 0 Å². The zero-order valence-corrected chi connectivity index (χ0v) is 12.3. The summed E-state index contributed by atoms with van der Waals surface area (Å²) in [5.74, 6) is 0.544. The van der Waals surface area contributed by atoms with E-state index in [1.54, 1.807) is 6.92 Å². The molecule has 2 rings (SSSR count). The van der Waals surface area contributed by atoms with Crippen molar-refractivity contribution in [2.24, 2.45) is 0 Å². The fourth-order valence-electron chi connectivity index (χ4n) is 2.33. The number of hydrogen-bond acceptors (Lipinski definition) is 4. The third-order valence-corrected chi connectivity index (χ3v) is 3.39. The lowest BCUT2D eigenvalue weighted by Crippen LogP contribution is -2.07. The molecule has 0 N–H and O–H groups in total. The average Bonchev–Trinajstić information content (AvgIpc) is 2.85. The number of carbonyl (C=O) groups is 2. The number of benzene rings is 1. The molecule has 0 saturated heterocycles. The standard InChI is InChI=1S/C17H20O4/c1-2-20-17(19)11-8-14-15(18)9-10-16(14)21-12-13-6-4-3-5-7-13/h3-7H,2,8-12H2,1H3. The van der Waals surface area contributed by atoms with Crippen LogP contribution in [0.5, 0.6) is 0 Å². The first-order valence-corrected chi connectivity index (χ1v) is 7.28. The van der Waals surface area contributed by atoms with Gasteiger partial charge < -0.3 is 9.47 Å². The Labute approximate surface area is 124 Å². The van der Waals surface area contributed by atoms with Crippen molar-refractivity contribution in [1.29, 1.82) is 0 Å². The third-order valence-electron chi connectivity index (χ3n) is 3.39. The molecule has 1 aromatic rings. The first kappa shape index (κ1) is 15.3. The van der Waals surface area contributed by atoms with Crippen LogP contribution in [0.25, 0.3) is 0 Å². The number of ketones is 1. The van der Waals surface area contributed by atoms with E-state index in [4.69, 9.17) is 9.47 Å². The highest BCUT2D eigenvalue weighted by molar-refractivity contribution is 5.98. The second-order valence-electron chi connectivity index (χ2n) is 4.90. The Kier molecular flexibility index (Phi) is 5.55. The number of ether oxygens (including phenoxy) is 2. The van der Waals surface area contributed by atoms with Gasteiger partial charge in [-0.2, -0.15) is 0 Å². The van der Waals surface area contributed by atoms with E-state index < -0.39 is 0 Å². The first-order chi connectivity index (χ1) is 10.2. The summed E-state index contributed by atoms with van der Waals surface area (Å²) in [5, 5.41) is 0. The van der Waals surface area contributed by atoms with Gasteiger partial charge in [-0.25, -0.2) is 0 Å². The van der Waals surface area contributed by atoms with Crippen molar-refractivity contribution in [3.63, 3.8) is 0 Å². The van der Waals surface area contributed by atoms with Crippen LogP contribution in [0.3, 0.4) is 0 Å². The molecule has 1 aliphatic rings. The molecular weight excluding hydrogens is 268 g/mol. The highest BCUT2D eigenvalue weighted by Crippen LogP contribution is 2.28. The third kappa shape index (κ3) is 4.45. The molecule has 4 nitrogen and oxygen atoms in total. The minimum Gasteiger partial charge on any atom is -0.493 e. The second-order valence-corrected chi connectivity index (χ2v) is 4.90. The lowest BCUT2D eigenvalue weighted by molar-refractivity contribution is -0.143. The summed E-state index contributed by atoms with van der Waals surface area (Å²) in [6, 6.07) is 9.82. The minimum atomic E-state index is -0.271. The van der Waals surface area contributed by atoms with Crippen molar-refractivity contribution in [2.75, 3.05) is 6.61 Å². The van der Waals surface area contributed by atoms with Crippen LogP contribution in [0.15, 0.2) is 41.7 Å². The molecule has 0 bridgehead atoms. The van der Waals surface area contributed by atoms with Gasteiger partial charge in [0.1, 0.15) is 12.4 Å². The van der Waals surface area contributed by atoms with Crippen LogP contribution >= 0.6 is 0 Å². The quantitative estimate of drug-likeness (QED) is 0.723. The monoisotopic (exact) mass is 288 g/mol. The topological polar surface area (TPSA) is 52.6 Å². The van der Waals surface area contributed by atoms with Crippen LogP contribution in [0.4, 0.5) is 0 Å². The van der Waals surface area contributed by atoms with E-state index in [0.29, 0.717) is 38.0 Å². The maximum atomic E-state index is 11.9. The van der Waals surface area contributed by atoms with E-state index in [1.807, 2.05) is 30.3 Å². The summed E-state index contributed by atoms with van der Waals surface area (Å²) >= 11 is 0. The predicted octanol–water partition coefficient (Wildman–Crippen LogP) is 3.16. The molecule has 0 atom stereocenters. The molecule has 4 heteroatoms. The normalized spacial score (nSPS) is 14.4. The van der Waals surface area contributed by atoms with E-state index in [0.717, 1.165) is 11.3 Å². The van der Waals surface area contributed by atoms with E-state index in [2.05, 4.69) is 0 Å². The molecule has 0 unspecified atom stereocenters. The Hall–Kier alpha value is -2.10. The van der Waals surface area contributed by atoms with Gasteiger partial charge in [-0.1, -0.05) is 30.3 Å². The molecule has 1 aliphatic carbocycles. The van der Waals surface area contributed by atoms with E-state index >= 15 is 0 Å². The van der Waals surface area contributed by atoms with Crippen LogP contribution in [0.1, 0.15) is 38.2 Å². The molecule has 0 aromatic heterocycles. The van der Waals surface area contributed by atoms with E-state index in [1.165, 1.54) is 0 Å². The van der Waals surface area contributed by atoms with Crippen molar-refractivity contribution in [3.05, 3.63) is 47.2 Å². The molecule has 0 aliphatic heterocycles. The Morgan fingerprint density at radius 1 is 1.19 bits per heavy atom. The van der Waals surface area contributed by atoms with E-state index in [-0.39, 0.29) is 18.2 Å².